The maximum absolute atomic E-state index is 12.5. The summed E-state index contributed by atoms with van der Waals surface area (Å²) in [6.07, 6.45) is 1.12. The first-order valence-electron chi connectivity index (χ1n) is 9.82. The molecule has 0 spiro atoms. The molecule has 7 heteroatoms. The number of nitrogens with one attached hydrogen (secondary N) is 2. The Labute approximate surface area is 174 Å². The van der Waals surface area contributed by atoms with Crippen molar-refractivity contribution in [3.05, 3.63) is 47.5 Å². The molecule has 29 heavy (non-hydrogen) atoms. The zero-order valence-corrected chi connectivity index (χ0v) is 17.3. The van der Waals surface area contributed by atoms with E-state index in [1.807, 2.05) is 50.2 Å². The summed E-state index contributed by atoms with van der Waals surface area (Å²) in [4.78, 5) is 25.8. The molecule has 6 nitrogen and oxygen atoms in total. The predicted molar refractivity (Wildman–Crippen MR) is 113 cm³/mol. The van der Waals surface area contributed by atoms with Gasteiger partial charge in [0, 0.05) is 35.4 Å². The second-order valence-electron chi connectivity index (χ2n) is 7.21. The molecule has 2 aliphatic rings. The van der Waals surface area contributed by atoms with Gasteiger partial charge in [-0.3, -0.25) is 9.59 Å². The summed E-state index contributed by atoms with van der Waals surface area (Å²) in [5, 5.41) is 5.35. The number of para-hydroxylation sites is 1. The van der Waals surface area contributed by atoms with Crippen molar-refractivity contribution in [2.24, 2.45) is 0 Å². The van der Waals surface area contributed by atoms with Gasteiger partial charge in [0.05, 0.1) is 17.5 Å². The van der Waals surface area contributed by atoms with E-state index in [1.54, 1.807) is 0 Å². The van der Waals surface area contributed by atoms with E-state index in [9.17, 15) is 9.59 Å². The number of thioether (sulfide) groups is 1. The molecule has 2 aromatic rings. The van der Waals surface area contributed by atoms with Crippen LogP contribution < -0.4 is 20.1 Å². The van der Waals surface area contributed by atoms with E-state index < -0.39 is 5.25 Å². The molecule has 0 saturated carbocycles. The van der Waals surface area contributed by atoms with Gasteiger partial charge >= 0.3 is 0 Å². The zero-order chi connectivity index (χ0) is 20.4. The van der Waals surface area contributed by atoms with Gasteiger partial charge in [0.15, 0.2) is 0 Å². The van der Waals surface area contributed by atoms with Crippen LogP contribution in [0.3, 0.4) is 0 Å². The normalized spacial score (nSPS) is 19.6. The van der Waals surface area contributed by atoms with Crippen molar-refractivity contribution in [2.75, 3.05) is 11.9 Å². The third-order valence-corrected chi connectivity index (χ3v) is 6.21. The predicted octanol–water partition coefficient (Wildman–Crippen LogP) is 3.53. The van der Waals surface area contributed by atoms with Crippen LogP contribution in [0.1, 0.15) is 31.4 Å². The van der Waals surface area contributed by atoms with Crippen LogP contribution in [-0.4, -0.2) is 29.8 Å². The first-order valence-corrected chi connectivity index (χ1v) is 10.7. The molecule has 4 rings (SSSR count). The second kappa shape index (κ2) is 8.37. The molecule has 0 saturated heterocycles. The van der Waals surface area contributed by atoms with Crippen molar-refractivity contribution >= 4 is 29.3 Å². The third-order valence-electron chi connectivity index (χ3n) is 4.93. The number of ether oxygens (including phenoxy) is 2. The highest BCUT2D eigenvalue weighted by Crippen LogP contribution is 2.37. The van der Waals surface area contributed by atoms with Crippen LogP contribution in [-0.2, 0) is 22.6 Å². The summed E-state index contributed by atoms with van der Waals surface area (Å²) < 4.78 is 11.6. The number of rotatable bonds is 6. The Hall–Kier alpha value is -2.67. The van der Waals surface area contributed by atoms with Crippen molar-refractivity contribution < 1.29 is 19.1 Å². The lowest BCUT2D eigenvalue weighted by atomic mass is 10.1. The van der Waals surface area contributed by atoms with Gasteiger partial charge in [-0.05, 0) is 38.1 Å². The summed E-state index contributed by atoms with van der Waals surface area (Å²) in [5.74, 6) is 1.31. The Morgan fingerprint density at radius 2 is 2.17 bits per heavy atom. The summed E-state index contributed by atoms with van der Waals surface area (Å²) >= 11 is 1.43. The Morgan fingerprint density at radius 1 is 1.34 bits per heavy atom. The topological polar surface area (TPSA) is 76.7 Å². The molecular formula is C22H24N2O4S. The molecule has 2 aliphatic heterocycles. The molecule has 2 heterocycles. The molecule has 0 aromatic heterocycles. The van der Waals surface area contributed by atoms with Crippen molar-refractivity contribution in [3.8, 4) is 11.5 Å². The molecule has 2 atom stereocenters. The maximum atomic E-state index is 12.5. The van der Waals surface area contributed by atoms with Crippen molar-refractivity contribution in [1.29, 1.82) is 0 Å². The molecular weight excluding hydrogens is 388 g/mol. The quantitative estimate of drug-likeness (QED) is 0.759. The van der Waals surface area contributed by atoms with Gasteiger partial charge in [-0.2, -0.15) is 0 Å². The number of carbonyl (C=O) groups excluding carboxylic acids is 2. The van der Waals surface area contributed by atoms with Crippen molar-refractivity contribution in [2.45, 2.75) is 49.5 Å². The van der Waals surface area contributed by atoms with E-state index in [0.717, 1.165) is 39.6 Å². The number of carbonyl (C=O) groups is 2. The summed E-state index contributed by atoms with van der Waals surface area (Å²) in [6, 6.07) is 11.6. The minimum Gasteiger partial charge on any atom is -0.494 e. The molecule has 0 unspecified atom stereocenters. The van der Waals surface area contributed by atoms with Crippen molar-refractivity contribution in [1.82, 2.24) is 5.32 Å². The Balaban J connectivity index is 1.40. The van der Waals surface area contributed by atoms with Gasteiger partial charge in [0.25, 0.3) is 0 Å². The molecule has 0 radical (unpaired) electrons. The number of anilines is 1. The Kier molecular flexibility index (Phi) is 5.67. The highest BCUT2D eigenvalue weighted by Gasteiger charge is 2.29. The fraction of sp³-hybridized carbons (Fsp3) is 0.364. The Morgan fingerprint density at radius 3 is 3.00 bits per heavy atom. The van der Waals surface area contributed by atoms with Crippen LogP contribution >= 0.6 is 11.8 Å². The SMILES string of the molecule is CCOc1cc2c(cc1CNC(=O)C[C@H]1Sc3ccccc3NC1=O)O[C@@H](C)C2. The average Bonchev–Trinajstić information content (AvgIpc) is 3.06. The van der Waals surface area contributed by atoms with Crippen LogP contribution in [0.4, 0.5) is 5.69 Å². The largest absolute Gasteiger partial charge is 0.494 e. The zero-order valence-electron chi connectivity index (χ0n) is 16.5. The highest BCUT2D eigenvalue weighted by molar-refractivity contribution is 8.01. The fourth-order valence-corrected chi connectivity index (χ4v) is 4.68. The molecule has 2 aromatic carbocycles. The van der Waals surface area contributed by atoms with E-state index >= 15 is 0 Å². The smallest absolute Gasteiger partial charge is 0.238 e. The van der Waals surface area contributed by atoms with E-state index in [4.69, 9.17) is 9.47 Å². The van der Waals surface area contributed by atoms with Gasteiger partial charge < -0.3 is 20.1 Å². The van der Waals surface area contributed by atoms with Crippen LogP contribution in [0, 0.1) is 0 Å². The number of fused-ring (bicyclic) bond motifs is 2. The molecule has 2 amide bonds. The molecule has 2 N–H and O–H groups in total. The highest BCUT2D eigenvalue weighted by atomic mass is 32.2. The summed E-state index contributed by atoms with van der Waals surface area (Å²) in [7, 11) is 0. The number of benzene rings is 2. The Bertz CT molecular complexity index is 946. The first-order chi connectivity index (χ1) is 14.0. The number of hydrogen-bond donors (Lipinski definition) is 2. The van der Waals surface area contributed by atoms with Crippen LogP contribution in [0.2, 0.25) is 0 Å². The summed E-state index contributed by atoms with van der Waals surface area (Å²) in [6.45, 7) is 4.85. The molecule has 0 aliphatic carbocycles. The minimum absolute atomic E-state index is 0.118. The third kappa shape index (κ3) is 4.34. The molecule has 0 fully saturated rings. The second-order valence-corrected chi connectivity index (χ2v) is 8.45. The van der Waals surface area contributed by atoms with Gasteiger partial charge in [0.2, 0.25) is 11.8 Å². The van der Waals surface area contributed by atoms with E-state index in [-0.39, 0.29) is 24.3 Å². The van der Waals surface area contributed by atoms with E-state index in [1.165, 1.54) is 11.8 Å². The standard InChI is InChI=1S/C22H24N2O4S/c1-3-27-17-9-14-8-13(2)28-18(14)10-15(17)12-23-21(25)11-20-22(26)24-16-6-4-5-7-19(16)29-20/h4-7,9-10,13,20H,3,8,11-12H2,1-2H3,(H,23,25)(H,24,26)/t13-,20+/m0/s1. The number of amides is 2. The van der Waals surface area contributed by atoms with Gasteiger partial charge in [0.1, 0.15) is 17.6 Å². The van der Waals surface area contributed by atoms with Crippen LogP contribution in [0.25, 0.3) is 0 Å². The van der Waals surface area contributed by atoms with Gasteiger partial charge in [-0.15, -0.1) is 11.8 Å². The van der Waals surface area contributed by atoms with Gasteiger partial charge in [-0.1, -0.05) is 12.1 Å². The van der Waals surface area contributed by atoms with E-state index in [0.29, 0.717) is 13.2 Å². The lowest BCUT2D eigenvalue weighted by molar-refractivity contribution is -0.124. The monoisotopic (exact) mass is 412 g/mol. The minimum atomic E-state index is -0.444. The lowest BCUT2D eigenvalue weighted by Gasteiger charge is -2.23. The molecule has 152 valence electrons. The van der Waals surface area contributed by atoms with Gasteiger partial charge in [-0.25, -0.2) is 0 Å². The average molecular weight is 413 g/mol. The van der Waals surface area contributed by atoms with Crippen LogP contribution in [0.15, 0.2) is 41.3 Å². The lowest BCUT2D eigenvalue weighted by Crippen LogP contribution is -2.34. The number of hydrogen-bond acceptors (Lipinski definition) is 5. The first kappa shape index (κ1) is 19.6. The fourth-order valence-electron chi connectivity index (χ4n) is 3.57. The summed E-state index contributed by atoms with van der Waals surface area (Å²) in [5.41, 5.74) is 2.80. The van der Waals surface area contributed by atoms with Crippen LogP contribution in [0.5, 0.6) is 11.5 Å². The van der Waals surface area contributed by atoms with E-state index in [2.05, 4.69) is 10.6 Å². The molecule has 0 bridgehead atoms. The maximum Gasteiger partial charge on any atom is 0.238 e. The van der Waals surface area contributed by atoms with Crippen molar-refractivity contribution in [3.63, 3.8) is 0 Å².